The second-order valence-corrected chi connectivity index (χ2v) is 9.62. The first kappa shape index (κ1) is 23.3. The minimum atomic E-state index is -0.823. The van der Waals surface area contributed by atoms with E-state index in [1.807, 2.05) is 49.1 Å². The van der Waals surface area contributed by atoms with E-state index >= 15 is 0 Å². The Morgan fingerprint density at radius 3 is 2.52 bits per heavy atom. The molecular formula is C23H32N4O3S. The highest BCUT2D eigenvalue weighted by Gasteiger charge is 2.31. The SMILES string of the molecule is CC(C)C[C@H](NC(=O)C1CCCCC1)C(=O)C(=O)N/N=C1\SCCN1c1ccccc1. The minimum absolute atomic E-state index is 0.0613. The van der Waals surface area contributed by atoms with Gasteiger partial charge in [-0.2, -0.15) is 0 Å². The van der Waals surface area contributed by atoms with Crippen molar-refractivity contribution in [3.63, 3.8) is 0 Å². The summed E-state index contributed by atoms with van der Waals surface area (Å²) >= 11 is 1.53. The van der Waals surface area contributed by atoms with E-state index in [4.69, 9.17) is 0 Å². The largest absolute Gasteiger partial charge is 0.345 e. The maximum absolute atomic E-state index is 12.8. The van der Waals surface area contributed by atoms with Gasteiger partial charge in [0, 0.05) is 23.9 Å². The molecule has 1 heterocycles. The van der Waals surface area contributed by atoms with Crippen molar-refractivity contribution in [1.82, 2.24) is 10.7 Å². The molecule has 2 fully saturated rings. The number of ketones is 1. The van der Waals surface area contributed by atoms with E-state index in [1.165, 1.54) is 11.8 Å². The zero-order valence-corrected chi connectivity index (χ0v) is 19.1. The van der Waals surface area contributed by atoms with Crippen LogP contribution < -0.4 is 15.6 Å². The van der Waals surface area contributed by atoms with Gasteiger partial charge in [0.05, 0.1) is 6.04 Å². The van der Waals surface area contributed by atoms with Gasteiger partial charge in [0.2, 0.25) is 11.7 Å². The first-order chi connectivity index (χ1) is 15.0. The Labute approximate surface area is 188 Å². The van der Waals surface area contributed by atoms with Crippen LogP contribution in [-0.2, 0) is 14.4 Å². The lowest BCUT2D eigenvalue weighted by Crippen LogP contribution is -2.49. The van der Waals surface area contributed by atoms with Crippen LogP contribution in [0, 0.1) is 11.8 Å². The molecule has 0 spiro atoms. The van der Waals surface area contributed by atoms with E-state index in [0.717, 1.165) is 50.1 Å². The lowest BCUT2D eigenvalue weighted by Gasteiger charge is -2.25. The lowest BCUT2D eigenvalue weighted by atomic mass is 9.88. The van der Waals surface area contributed by atoms with Gasteiger partial charge in [-0.25, -0.2) is 5.43 Å². The summed E-state index contributed by atoms with van der Waals surface area (Å²) in [5.41, 5.74) is 3.41. The van der Waals surface area contributed by atoms with Crippen molar-refractivity contribution in [1.29, 1.82) is 0 Å². The third-order valence-corrected chi connectivity index (χ3v) is 6.59. The Kier molecular flexibility index (Phi) is 8.51. The molecule has 1 saturated heterocycles. The predicted octanol–water partition coefficient (Wildman–Crippen LogP) is 3.31. The number of hydrogen-bond donors (Lipinski definition) is 2. The molecule has 1 atom stereocenters. The van der Waals surface area contributed by atoms with Crippen LogP contribution in [0.15, 0.2) is 35.4 Å². The van der Waals surface area contributed by atoms with Gasteiger partial charge in [0.15, 0.2) is 5.17 Å². The number of para-hydroxylation sites is 1. The average Bonchev–Trinajstić information content (AvgIpc) is 3.26. The molecule has 0 bridgehead atoms. The molecule has 8 heteroatoms. The van der Waals surface area contributed by atoms with Crippen molar-refractivity contribution in [2.45, 2.75) is 58.4 Å². The molecule has 168 valence electrons. The normalized spacial score (nSPS) is 19.5. The fraction of sp³-hybridized carbons (Fsp3) is 0.565. The van der Waals surface area contributed by atoms with Crippen molar-refractivity contribution in [3.8, 4) is 0 Å². The topological polar surface area (TPSA) is 90.9 Å². The number of hydrogen-bond acceptors (Lipinski definition) is 5. The number of nitrogens with zero attached hydrogens (tertiary/aromatic N) is 2. The fourth-order valence-corrected chi connectivity index (χ4v) is 4.93. The van der Waals surface area contributed by atoms with Gasteiger partial charge >= 0.3 is 5.91 Å². The molecule has 1 aliphatic heterocycles. The number of benzene rings is 1. The van der Waals surface area contributed by atoms with Gasteiger partial charge in [-0.05, 0) is 37.3 Å². The summed E-state index contributed by atoms with van der Waals surface area (Å²) < 4.78 is 0. The van der Waals surface area contributed by atoms with Crippen LogP contribution in [0.2, 0.25) is 0 Å². The number of thioether (sulfide) groups is 1. The van der Waals surface area contributed by atoms with Gasteiger partial charge < -0.3 is 10.2 Å². The maximum Gasteiger partial charge on any atom is 0.309 e. The second-order valence-electron chi connectivity index (χ2n) is 8.56. The quantitative estimate of drug-likeness (QED) is 0.474. The Balaban J connectivity index is 1.63. The van der Waals surface area contributed by atoms with E-state index < -0.39 is 17.7 Å². The predicted molar refractivity (Wildman–Crippen MR) is 125 cm³/mol. The molecule has 0 aromatic heterocycles. The number of rotatable bonds is 8. The Bertz CT molecular complexity index is 806. The molecule has 3 rings (SSSR count). The van der Waals surface area contributed by atoms with E-state index in [0.29, 0.717) is 11.6 Å². The minimum Gasteiger partial charge on any atom is -0.345 e. The average molecular weight is 445 g/mol. The van der Waals surface area contributed by atoms with Crippen LogP contribution in [0.5, 0.6) is 0 Å². The van der Waals surface area contributed by atoms with Crippen molar-refractivity contribution in [2.24, 2.45) is 16.9 Å². The number of anilines is 1. The van der Waals surface area contributed by atoms with Crippen molar-refractivity contribution in [2.75, 3.05) is 17.2 Å². The van der Waals surface area contributed by atoms with E-state index in [2.05, 4.69) is 15.8 Å². The van der Waals surface area contributed by atoms with Crippen LogP contribution in [-0.4, -0.2) is 41.1 Å². The number of amidine groups is 1. The van der Waals surface area contributed by atoms with Crippen LogP contribution in [0.4, 0.5) is 5.69 Å². The lowest BCUT2D eigenvalue weighted by molar-refractivity contribution is -0.140. The fourth-order valence-electron chi connectivity index (χ4n) is 4.01. The summed E-state index contributed by atoms with van der Waals surface area (Å²) in [6.45, 7) is 4.72. The monoisotopic (exact) mass is 444 g/mol. The number of nitrogens with one attached hydrogen (secondary N) is 2. The van der Waals surface area contributed by atoms with Crippen LogP contribution >= 0.6 is 11.8 Å². The Morgan fingerprint density at radius 1 is 1.13 bits per heavy atom. The smallest absolute Gasteiger partial charge is 0.309 e. The van der Waals surface area contributed by atoms with Crippen LogP contribution in [0.1, 0.15) is 52.4 Å². The molecular weight excluding hydrogens is 412 g/mol. The first-order valence-electron chi connectivity index (χ1n) is 11.1. The third-order valence-electron chi connectivity index (χ3n) is 5.64. The highest BCUT2D eigenvalue weighted by molar-refractivity contribution is 8.14. The third kappa shape index (κ3) is 6.56. The van der Waals surface area contributed by atoms with Crippen LogP contribution in [0.3, 0.4) is 0 Å². The van der Waals surface area contributed by atoms with E-state index in [-0.39, 0.29) is 17.7 Å². The molecule has 1 aromatic rings. The number of hydrazone groups is 1. The van der Waals surface area contributed by atoms with Gasteiger partial charge in [0.25, 0.3) is 0 Å². The molecule has 2 N–H and O–H groups in total. The molecule has 1 aliphatic carbocycles. The summed E-state index contributed by atoms with van der Waals surface area (Å²) in [7, 11) is 0. The molecule has 1 aromatic carbocycles. The number of Topliss-reactive ketones (excluding diaryl/α,β-unsaturated/α-hetero) is 1. The molecule has 0 unspecified atom stereocenters. The molecule has 0 radical (unpaired) electrons. The van der Waals surface area contributed by atoms with Gasteiger partial charge in [-0.1, -0.05) is 63.1 Å². The van der Waals surface area contributed by atoms with Gasteiger partial charge in [-0.3, -0.25) is 14.4 Å². The highest BCUT2D eigenvalue weighted by Crippen LogP contribution is 2.25. The summed E-state index contributed by atoms with van der Waals surface area (Å²) in [6, 6.07) is 8.98. The summed E-state index contributed by atoms with van der Waals surface area (Å²) in [6.07, 6.45) is 5.34. The molecule has 1 saturated carbocycles. The van der Waals surface area contributed by atoms with E-state index in [1.54, 1.807) is 0 Å². The van der Waals surface area contributed by atoms with Crippen molar-refractivity contribution >= 4 is 40.2 Å². The summed E-state index contributed by atoms with van der Waals surface area (Å²) in [5.74, 6) is -0.587. The second kappa shape index (κ2) is 11.3. The van der Waals surface area contributed by atoms with Crippen molar-refractivity contribution < 1.29 is 14.4 Å². The van der Waals surface area contributed by atoms with Gasteiger partial charge in [-0.15, -0.1) is 5.10 Å². The standard InChI is InChI=1S/C23H32N4O3S/c1-16(2)15-19(24-21(29)17-9-5-3-6-10-17)20(28)22(30)25-26-23-27(13-14-31-23)18-11-7-4-8-12-18/h4,7-8,11-12,16-17,19H,3,5-6,9-10,13-15H2,1-2H3,(H,24,29)(H,25,30)/b26-23-/t19-/m0/s1. The Morgan fingerprint density at radius 2 is 1.84 bits per heavy atom. The Hall–Kier alpha value is -2.35. The molecule has 7 nitrogen and oxygen atoms in total. The van der Waals surface area contributed by atoms with Crippen molar-refractivity contribution in [3.05, 3.63) is 30.3 Å². The summed E-state index contributed by atoms with van der Waals surface area (Å²) in [4.78, 5) is 40.1. The number of carbonyl (C=O) groups excluding carboxylic acids is 3. The summed E-state index contributed by atoms with van der Waals surface area (Å²) in [5, 5.41) is 7.70. The van der Waals surface area contributed by atoms with Gasteiger partial charge in [0.1, 0.15) is 0 Å². The molecule has 2 amide bonds. The number of carbonyl (C=O) groups is 3. The molecule has 31 heavy (non-hydrogen) atoms. The highest BCUT2D eigenvalue weighted by atomic mass is 32.2. The zero-order valence-electron chi connectivity index (χ0n) is 18.3. The van der Waals surface area contributed by atoms with E-state index in [9.17, 15) is 14.4 Å². The zero-order chi connectivity index (χ0) is 22.2. The molecule has 2 aliphatic rings. The maximum atomic E-state index is 12.8. The van der Waals surface area contributed by atoms with Crippen LogP contribution in [0.25, 0.3) is 0 Å². The first-order valence-corrected chi connectivity index (χ1v) is 12.1. The number of amides is 2.